The highest BCUT2D eigenvalue weighted by molar-refractivity contribution is 6.05. The number of carbonyl (C=O) groups is 2. The normalized spacial score (nSPS) is 15.1. The van der Waals surface area contributed by atoms with Gasteiger partial charge in [0, 0.05) is 29.7 Å². The molecule has 1 unspecified atom stereocenters. The molecular weight excluding hydrogens is 394 g/mol. The average molecular weight is 417 g/mol. The van der Waals surface area contributed by atoms with Crippen LogP contribution in [0.2, 0.25) is 0 Å². The minimum absolute atomic E-state index is 0.131. The lowest BCUT2D eigenvalue weighted by Gasteiger charge is -2.33. The molecule has 4 rings (SSSR count). The second-order valence-corrected chi connectivity index (χ2v) is 7.29. The number of aromatic nitrogens is 1. The molecule has 158 valence electrons. The number of anilines is 2. The number of hydrogen-bond donors (Lipinski definition) is 1. The number of ether oxygens (including phenoxy) is 2. The Hall–Kier alpha value is -3.87. The van der Waals surface area contributed by atoms with Crippen LogP contribution in [0.1, 0.15) is 22.8 Å². The Morgan fingerprint density at radius 3 is 2.74 bits per heavy atom. The van der Waals surface area contributed by atoms with Crippen LogP contribution in [0.25, 0.3) is 0 Å². The molecule has 1 aliphatic rings. The second kappa shape index (κ2) is 8.87. The van der Waals surface area contributed by atoms with Crippen LogP contribution < -0.4 is 19.7 Å². The van der Waals surface area contributed by atoms with Crippen molar-refractivity contribution in [1.29, 1.82) is 0 Å². The molecule has 0 bridgehead atoms. The third kappa shape index (κ3) is 4.66. The quantitative estimate of drug-likeness (QED) is 0.659. The summed E-state index contributed by atoms with van der Waals surface area (Å²) in [5.41, 5.74) is 2.85. The van der Waals surface area contributed by atoms with Gasteiger partial charge in [-0.25, -0.2) is 0 Å². The Morgan fingerprint density at radius 2 is 1.97 bits per heavy atom. The van der Waals surface area contributed by atoms with E-state index in [2.05, 4.69) is 10.3 Å². The van der Waals surface area contributed by atoms with Crippen molar-refractivity contribution in [3.8, 4) is 11.5 Å². The molecule has 0 fully saturated rings. The average Bonchev–Trinajstić information content (AvgIpc) is 2.77. The largest absolute Gasteiger partial charge is 0.492 e. The van der Waals surface area contributed by atoms with E-state index >= 15 is 0 Å². The van der Waals surface area contributed by atoms with Crippen molar-refractivity contribution in [2.75, 3.05) is 23.4 Å². The molecule has 0 saturated carbocycles. The van der Waals surface area contributed by atoms with Gasteiger partial charge in [-0.3, -0.25) is 14.6 Å². The van der Waals surface area contributed by atoms with Gasteiger partial charge in [0.15, 0.2) is 6.10 Å². The molecule has 2 aromatic carbocycles. The number of hydrogen-bond acceptors (Lipinski definition) is 5. The van der Waals surface area contributed by atoms with E-state index < -0.39 is 6.10 Å². The fourth-order valence-electron chi connectivity index (χ4n) is 3.39. The van der Waals surface area contributed by atoms with Crippen LogP contribution in [0, 0.1) is 6.92 Å². The maximum atomic E-state index is 12.7. The fraction of sp³-hybridized carbons (Fsp3) is 0.208. The minimum atomic E-state index is -0.627. The summed E-state index contributed by atoms with van der Waals surface area (Å²) in [4.78, 5) is 30.7. The lowest BCUT2D eigenvalue weighted by Crippen LogP contribution is -2.46. The van der Waals surface area contributed by atoms with E-state index in [0.29, 0.717) is 35.8 Å². The summed E-state index contributed by atoms with van der Waals surface area (Å²) in [6.45, 7) is 4.45. The van der Waals surface area contributed by atoms with E-state index in [-0.39, 0.29) is 11.8 Å². The first-order valence-electron chi connectivity index (χ1n) is 10.0. The van der Waals surface area contributed by atoms with Gasteiger partial charge in [0.2, 0.25) is 0 Å². The molecule has 2 amide bonds. The molecule has 0 aliphatic carbocycles. The molecule has 1 aliphatic heterocycles. The molecule has 31 heavy (non-hydrogen) atoms. The van der Waals surface area contributed by atoms with Gasteiger partial charge in [-0.15, -0.1) is 0 Å². The van der Waals surface area contributed by atoms with Crippen molar-refractivity contribution in [2.24, 2.45) is 0 Å². The van der Waals surface area contributed by atoms with E-state index in [1.54, 1.807) is 54.5 Å². The number of pyridine rings is 1. The Morgan fingerprint density at radius 1 is 1.16 bits per heavy atom. The highest BCUT2D eigenvalue weighted by atomic mass is 16.5. The summed E-state index contributed by atoms with van der Waals surface area (Å²) >= 11 is 0. The van der Waals surface area contributed by atoms with Gasteiger partial charge in [0.25, 0.3) is 11.8 Å². The zero-order valence-electron chi connectivity index (χ0n) is 17.4. The molecule has 0 spiro atoms. The van der Waals surface area contributed by atoms with Crippen LogP contribution in [0.4, 0.5) is 11.4 Å². The van der Waals surface area contributed by atoms with Crippen LogP contribution in [0.3, 0.4) is 0 Å². The number of benzene rings is 2. The van der Waals surface area contributed by atoms with E-state index in [1.165, 1.54) is 0 Å². The smallest absolute Gasteiger partial charge is 0.267 e. The highest BCUT2D eigenvalue weighted by Gasteiger charge is 2.31. The zero-order valence-corrected chi connectivity index (χ0v) is 17.4. The molecule has 1 N–H and O–H groups in total. The summed E-state index contributed by atoms with van der Waals surface area (Å²) in [6, 6.07) is 16.3. The molecule has 0 saturated heterocycles. The van der Waals surface area contributed by atoms with Gasteiger partial charge in [-0.1, -0.05) is 12.1 Å². The first-order chi connectivity index (χ1) is 15.0. The summed E-state index contributed by atoms with van der Waals surface area (Å²) in [6.07, 6.45) is 2.50. The number of aryl methyl sites for hydroxylation is 1. The van der Waals surface area contributed by atoms with Crippen LogP contribution >= 0.6 is 0 Å². The van der Waals surface area contributed by atoms with Crippen molar-refractivity contribution in [3.05, 3.63) is 78.1 Å². The summed E-state index contributed by atoms with van der Waals surface area (Å²) in [5, 5.41) is 2.84. The number of nitrogens with zero attached hydrogens (tertiary/aromatic N) is 2. The molecule has 2 heterocycles. The first-order valence-corrected chi connectivity index (χ1v) is 10.0. The van der Waals surface area contributed by atoms with Crippen molar-refractivity contribution in [1.82, 2.24) is 4.98 Å². The van der Waals surface area contributed by atoms with Gasteiger partial charge in [-0.05, 0) is 55.8 Å². The maximum absolute atomic E-state index is 12.7. The highest BCUT2D eigenvalue weighted by Crippen LogP contribution is 2.36. The fourth-order valence-corrected chi connectivity index (χ4v) is 3.39. The summed E-state index contributed by atoms with van der Waals surface area (Å²) < 4.78 is 11.6. The van der Waals surface area contributed by atoms with Gasteiger partial charge in [-0.2, -0.15) is 0 Å². The SMILES string of the molecule is Cc1cccc(OCCN2C(=O)C(C)Oc3cc(NC(=O)c4ccncc4)ccc32)c1. The first kappa shape index (κ1) is 20.4. The van der Waals surface area contributed by atoms with E-state index in [1.807, 2.05) is 31.2 Å². The molecule has 0 radical (unpaired) electrons. The predicted molar refractivity (Wildman–Crippen MR) is 118 cm³/mol. The van der Waals surface area contributed by atoms with Crippen molar-refractivity contribution in [2.45, 2.75) is 20.0 Å². The van der Waals surface area contributed by atoms with Gasteiger partial charge in [0.05, 0.1) is 12.2 Å². The summed E-state index contributed by atoms with van der Waals surface area (Å²) in [5.74, 6) is 0.929. The standard InChI is InChI=1S/C24H23N3O4/c1-16-4-3-5-20(14-16)30-13-12-27-21-7-6-19(15-22(21)31-17(2)24(27)29)26-23(28)18-8-10-25-11-9-18/h3-11,14-15,17H,12-13H2,1-2H3,(H,26,28). The van der Waals surface area contributed by atoms with Crippen molar-refractivity contribution >= 4 is 23.2 Å². The maximum Gasteiger partial charge on any atom is 0.267 e. The van der Waals surface area contributed by atoms with E-state index in [0.717, 1.165) is 11.3 Å². The third-order valence-electron chi connectivity index (χ3n) is 4.94. The van der Waals surface area contributed by atoms with E-state index in [9.17, 15) is 9.59 Å². The molecule has 7 heteroatoms. The van der Waals surface area contributed by atoms with Crippen LogP contribution in [-0.4, -0.2) is 36.1 Å². The number of amides is 2. The third-order valence-corrected chi connectivity index (χ3v) is 4.94. The number of nitrogens with one attached hydrogen (secondary N) is 1. The Labute approximate surface area is 180 Å². The molecule has 1 aromatic heterocycles. The van der Waals surface area contributed by atoms with Crippen LogP contribution in [0.15, 0.2) is 67.0 Å². The van der Waals surface area contributed by atoms with Gasteiger partial charge >= 0.3 is 0 Å². The van der Waals surface area contributed by atoms with Crippen LogP contribution in [0.5, 0.6) is 11.5 Å². The van der Waals surface area contributed by atoms with Crippen LogP contribution in [-0.2, 0) is 4.79 Å². The zero-order chi connectivity index (χ0) is 21.8. The number of fused-ring (bicyclic) bond motifs is 1. The summed E-state index contributed by atoms with van der Waals surface area (Å²) in [7, 11) is 0. The lowest BCUT2D eigenvalue weighted by atomic mass is 10.1. The Bertz CT molecular complexity index is 1100. The van der Waals surface area contributed by atoms with Crippen molar-refractivity contribution in [3.63, 3.8) is 0 Å². The molecule has 7 nitrogen and oxygen atoms in total. The topological polar surface area (TPSA) is 80.8 Å². The Kier molecular flexibility index (Phi) is 5.84. The second-order valence-electron chi connectivity index (χ2n) is 7.29. The van der Waals surface area contributed by atoms with Crippen molar-refractivity contribution < 1.29 is 19.1 Å². The van der Waals surface area contributed by atoms with Gasteiger partial charge in [0.1, 0.15) is 18.1 Å². The van der Waals surface area contributed by atoms with E-state index in [4.69, 9.17) is 9.47 Å². The predicted octanol–water partition coefficient (Wildman–Crippen LogP) is 3.84. The molecule has 1 atom stereocenters. The Balaban J connectivity index is 1.48. The van der Waals surface area contributed by atoms with Gasteiger partial charge < -0.3 is 19.7 Å². The number of rotatable bonds is 6. The molecule has 3 aromatic rings. The monoisotopic (exact) mass is 417 g/mol. The number of carbonyl (C=O) groups excluding carboxylic acids is 2. The lowest BCUT2D eigenvalue weighted by molar-refractivity contribution is -0.125. The minimum Gasteiger partial charge on any atom is -0.492 e. The molecular formula is C24H23N3O4.